The fourth-order valence-corrected chi connectivity index (χ4v) is 9.18. The maximum atomic E-state index is 4.35. The molecule has 17 nitrogen and oxygen atoms in total. The van der Waals surface area contributed by atoms with Gasteiger partial charge in [-0.25, -0.2) is 29.9 Å². The second kappa shape index (κ2) is 41.0. The lowest BCUT2D eigenvalue weighted by Crippen LogP contribution is -1.88. The molecule has 0 aliphatic heterocycles. The summed E-state index contributed by atoms with van der Waals surface area (Å²) in [6.07, 6.45) is 38.0. The molecule has 0 amide bonds. The Morgan fingerprint density at radius 3 is 0.885 bits per heavy atom. The molecule has 0 fully saturated rings. The van der Waals surface area contributed by atoms with Crippen LogP contribution in [-0.4, -0.2) is 84.7 Å². The minimum atomic E-state index is 0.777. The van der Waals surface area contributed by atoms with Crippen molar-refractivity contribution in [2.75, 3.05) is 0 Å². The van der Waals surface area contributed by atoms with Crippen LogP contribution >= 0.6 is 0 Å². The first-order chi connectivity index (χ1) is 50.9. The van der Waals surface area contributed by atoms with E-state index in [4.69, 9.17) is 0 Å². The monoisotopic (exact) mass is 1360 g/mol. The first kappa shape index (κ1) is 74.6. The Balaban J connectivity index is 0.000000138. The lowest BCUT2D eigenvalue weighted by molar-refractivity contribution is 1.05. The van der Waals surface area contributed by atoms with Crippen LogP contribution < -0.4 is 0 Å². The summed E-state index contributed by atoms with van der Waals surface area (Å²) in [4.78, 5) is 70.6. The van der Waals surface area contributed by atoms with E-state index in [1.54, 1.807) is 80.6 Å². The van der Waals surface area contributed by atoms with Crippen molar-refractivity contribution >= 4 is 0 Å². The Labute approximate surface area is 608 Å². The summed E-state index contributed by atoms with van der Waals surface area (Å²) in [5, 5.41) is 0. The van der Waals surface area contributed by atoms with E-state index in [0.717, 1.165) is 107 Å². The second-order valence-electron chi connectivity index (χ2n) is 23.2. The number of aryl methyl sites for hydroxylation is 8. The number of hydrogen-bond acceptors (Lipinski definition) is 17. The molecule has 16 aromatic rings. The van der Waals surface area contributed by atoms with Crippen molar-refractivity contribution in [3.63, 3.8) is 0 Å². The highest BCUT2D eigenvalue weighted by molar-refractivity contribution is 5.64. The van der Waals surface area contributed by atoms with Crippen LogP contribution in [0.4, 0.5) is 0 Å². The third kappa shape index (κ3) is 25.6. The van der Waals surface area contributed by atoms with E-state index in [2.05, 4.69) is 121 Å². The van der Waals surface area contributed by atoms with Crippen molar-refractivity contribution in [3.05, 3.63) is 382 Å². The van der Waals surface area contributed by atoms with Gasteiger partial charge in [-0.3, -0.25) is 54.8 Å². The van der Waals surface area contributed by atoms with Gasteiger partial charge in [0.15, 0.2) is 0 Å². The summed E-state index contributed by atoms with van der Waals surface area (Å²) >= 11 is 0. The minimum absolute atomic E-state index is 0.777. The molecule has 0 aliphatic carbocycles. The van der Waals surface area contributed by atoms with Gasteiger partial charge >= 0.3 is 0 Å². The van der Waals surface area contributed by atoms with Crippen molar-refractivity contribution in [2.45, 2.75) is 55.4 Å². The molecule has 16 rings (SSSR count). The van der Waals surface area contributed by atoms with E-state index in [0.29, 0.717) is 0 Å². The van der Waals surface area contributed by atoms with E-state index in [1.165, 1.54) is 27.8 Å². The van der Waals surface area contributed by atoms with Crippen molar-refractivity contribution in [2.24, 2.45) is 0 Å². The molecule has 512 valence electrons. The summed E-state index contributed by atoms with van der Waals surface area (Å²) in [5.41, 5.74) is 22.3. The van der Waals surface area contributed by atoms with E-state index in [9.17, 15) is 0 Å². The Kier molecular flexibility index (Phi) is 29.4. The van der Waals surface area contributed by atoms with Gasteiger partial charge in [0.1, 0.15) is 17.5 Å². The summed E-state index contributed by atoms with van der Waals surface area (Å²) in [7, 11) is 0. The van der Waals surface area contributed by atoms with E-state index < -0.39 is 0 Å². The molecule has 2 aromatic carbocycles. The van der Waals surface area contributed by atoms with Crippen LogP contribution in [0.25, 0.3) is 89.8 Å². The summed E-state index contributed by atoms with van der Waals surface area (Å²) in [6.45, 7) is 15.7. The summed E-state index contributed by atoms with van der Waals surface area (Å²) in [6, 6.07) is 67.9. The van der Waals surface area contributed by atoms with Crippen molar-refractivity contribution in [3.8, 4) is 89.8 Å². The average molecular weight is 1360 g/mol. The van der Waals surface area contributed by atoms with Crippen LogP contribution in [0.15, 0.2) is 336 Å². The molecule has 14 heterocycles. The number of hydrogen-bond donors (Lipinski definition) is 0. The largest absolute Gasteiger partial charge is 0.265 e. The summed E-state index contributed by atoms with van der Waals surface area (Å²) in [5.74, 6) is 2.37. The number of aromatic nitrogens is 17. The predicted molar refractivity (Wildman–Crippen MR) is 415 cm³/mol. The van der Waals surface area contributed by atoms with E-state index in [-0.39, 0.29) is 0 Å². The maximum absolute atomic E-state index is 4.35. The highest BCUT2D eigenvalue weighted by Crippen LogP contribution is 2.22. The van der Waals surface area contributed by atoms with Gasteiger partial charge < -0.3 is 0 Å². The van der Waals surface area contributed by atoms with Gasteiger partial charge in [0, 0.05) is 180 Å². The van der Waals surface area contributed by atoms with Crippen LogP contribution in [0.2, 0.25) is 0 Å². The molecule has 0 aliphatic rings. The number of nitrogens with zero attached hydrogens (tertiary/aromatic N) is 17. The van der Waals surface area contributed by atoms with Crippen LogP contribution in [0.1, 0.15) is 45.4 Å². The van der Waals surface area contributed by atoms with Gasteiger partial charge in [0.05, 0.1) is 34.2 Å². The van der Waals surface area contributed by atoms with Gasteiger partial charge in [-0.15, -0.1) is 0 Å². The average Bonchev–Trinajstić information content (AvgIpc) is 0.972. The molecular weight excluding hydrogens is 1280 g/mol. The third-order valence-electron chi connectivity index (χ3n) is 14.9. The molecule has 17 heteroatoms. The van der Waals surface area contributed by atoms with Gasteiger partial charge in [-0.1, -0.05) is 109 Å². The standard InChI is InChI=1S/C12H11N.5C11H10N2.2C10H9N3/c1-10-7-8-12(13-9-10)11-5-3-2-4-6-11;1-9-2-3-11(8-13-9)10-4-6-12-7-5-10;1-9-2-3-11(13-8-9)10-4-6-12-7-5-10;1-9-4-5-11(13-7-9)10-3-2-6-12-8-10;1-9-5-6-11(13-8-9)10-4-2-3-7-12-10;1-9-12-7-11(8-13-9)10-5-3-2-4-6-10;1-8-12-6-10(7-13-8)9-3-2-4-11-5-9;1-8-12-6-9(7-13-8)10-4-2-3-5-11-10/h2-9H,1H3;5*2-8H,1H3;2*2-7H,1H3. The zero-order valence-electron chi connectivity index (χ0n) is 59.4. The SMILES string of the molecule is Cc1ccc(-c2ccccc2)nc1.Cc1ccc(-c2ccccn2)nc1.Cc1ccc(-c2cccnc2)nc1.Cc1ccc(-c2ccncc2)cn1.Cc1ccc(-c2ccncc2)nc1.Cc1ncc(-c2ccccc2)cn1.Cc1ncc(-c2ccccn2)cn1.Cc1ncc(-c2cccnc2)cn1. The number of pyridine rings is 11. The lowest BCUT2D eigenvalue weighted by atomic mass is 10.1. The molecule has 0 spiro atoms. The van der Waals surface area contributed by atoms with Gasteiger partial charge in [0.25, 0.3) is 0 Å². The Bertz CT molecular complexity index is 4000. The Hall–Kier alpha value is -13.7. The predicted octanol–water partition coefficient (Wildman–Crippen LogP) is 19.0. The van der Waals surface area contributed by atoms with Crippen LogP contribution in [0.5, 0.6) is 0 Å². The van der Waals surface area contributed by atoms with Crippen molar-refractivity contribution < 1.29 is 0 Å². The van der Waals surface area contributed by atoms with Crippen molar-refractivity contribution in [1.82, 2.24) is 84.7 Å². The summed E-state index contributed by atoms with van der Waals surface area (Å²) < 4.78 is 0. The molecule has 0 bridgehead atoms. The molecule has 14 aromatic heterocycles. The number of benzene rings is 2. The zero-order valence-corrected chi connectivity index (χ0v) is 59.4. The smallest absolute Gasteiger partial charge is 0.125 e. The first-order valence-electron chi connectivity index (χ1n) is 33.4. The topological polar surface area (TPSA) is 219 Å². The molecule has 0 unspecified atom stereocenters. The highest BCUT2D eigenvalue weighted by atomic mass is 14.9. The minimum Gasteiger partial charge on any atom is -0.265 e. The van der Waals surface area contributed by atoms with Crippen LogP contribution in [0.3, 0.4) is 0 Å². The molecule has 0 saturated carbocycles. The highest BCUT2D eigenvalue weighted by Gasteiger charge is 2.04. The molecule has 104 heavy (non-hydrogen) atoms. The quantitative estimate of drug-likeness (QED) is 0.138. The van der Waals surface area contributed by atoms with E-state index >= 15 is 0 Å². The molecule has 0 radical (unpaired) electrons. The molecule has 0 atom stereocenters. The van der Waals surface area contributed by atoms with Crippen LogP contribution in [0, 0.1) is 55.4 Å². The maximum Gasteiger partial charge on any atom is 0.125 e. The second-order valence-corrected chi connectivity index (χ2v) is 23.2. The van der Waals surface area contributed by atoms with Gasteiger partial charge in [-0.2, -0.15) is 0 Å². The normalized spacial score (nSPS) is 9.92. The zero-order chi connectivity index (χ0) is 72.8. The molecule has 0 N–H and O–H groups in total. The first-order valence-corrected chi connectivity index (χ1v) is 33.4. The Morgan fingerprint density at radius 2 is 0.481 bits per heavy atom. The van der Waals surface area contributed by atoms with Crippen LogP contribution in [-0.2, 0) is 0 Å². The number of rotatable bonds is 8. The van der Waals surface area contributed by atoms with E-state index in [1.807, 2.05) is 275 Å². The Morgan fingerprint density at radius 1 is 0.154 bits per heavy atom. The van der Waals surface area contributed by atoms with Gasteiger partial charge in [-0.05, 0) is 186 Å². The molecular formula is C87H79N17. The van der Waals surface area contributed by atoms with Crippen molar-refractivity contribution in [1.29, 1.82) is 0 Å². The third-order valence-corrected chi connectivity index (χ3v) is 14.9. The fraction of sp³-hybridized carbons (Fsp3) is 0.0920. The molecule has 0 saturated heterocycles. The fourth-order valence-electron chi connectivity index (χ4n) is 9.18. The van der Waals surface area contributed by atoms with Gasteiger partial charge in [0.2, 0.25) is 0 Å². The lowest BCUT2D eigenvalue weighted by Gasteiger charge is -1.99.